The van der Waals surface area contributed by atoms with Gasteiger partial charge in [-0.3, -0.25) is 0 Å². The highest BCUT2D eigenvalue weighted by Gasteiger charge is 2.23. The van der Waals surface area contributed by atoms with Crippen LogP contribution >= 0.6 is 0 Å². The van der Waals surface area contributed by atoms with Gasteiger partial charge in [-0.2, -0.15) is 0 Å². The van der Waals surface area contributed by atoms with Gasteiger partial charge in [-0.15, -0.1) is 0 Å². The summed E-state index contributed by atoms with van der Waals surface area (Å²) in [5, 5.41) is 9.19. The molecule has 2 rings (SSSR count). The SMILES string of the molecule is CCOc1ccc(OCCN(C)C2CCC(CO)CC2)cc1. The zero-order valence-corrected chi connectivity index (χ0v) is 13.8. The van der Waals surface area contributed by atoms with Crippen LogP contribution in [0.4, 0.5) is 0 Å². The third kappa shape index (κ3) is 5.18. The summed E-state index contributed by atoms with van der Waals surface area (Å²) < 4.78 is 11.2. The predicted molar refractivity (Wildman–Crippen MR) is 88.6 cm³/mol. The van der Waals surface area contributed by atoms with Crippen molar-refractivity contribution < 1.29 is 14.6 Å². The van der Waals surface area contributed by atoms with Crippen LogP contribution in [0.1, 0.15) is 32.6 Å². The molecule has 1 fully saturated rings. The first-order valence-electron chi connectivity index (χ1n) is 8.39. The lowest BCUT2D eigenvalue weighted by Crippen LogP contribution is -2.38. The van der Waals surface area contributed by atoms with Crippen LogP contribution in [0, 0.1) is 5.92 Å². The average Bonchev–Trinajstić information content (AvgIpc) is 2.56. The van der Waals surface area contributed by atoms with Gasteiger partial charge in [0.2, 0.25) is 0 Å². The summed E-state index contributed by atoms with van der Waals surface area (Å²) in [7, 11) is 2.17. The molecule has 0 amide bonds. The van der Waals surface area contributed by atoms with Crippen LogP contribution in [0.15, 0.2) is 24.3 Å². The van der Waals surface area contributed by atoms with Crippen LogP contribution in [0.2, 0.25) is 0 Å². The maximum Gasteiger partial charge on any atom is 0.119 e. The Morgan fingerprint density at radius 2 is 1.64 bits per heavy atom. The van der Waals surface area contributed by atoms with Crippen molar-refractivity contribution in [2.45, 2.75) is 38.6 Å². The highest BCUT2D eigenvalue weighted by molar-refractivity contribution is 5.31. The van der Waals surface area contributed by atoms with Gasteiger partial charge in [0.25, 0.3) is 0 Å². The van der Waals surface area contributed by atoms with Gasteiger partial charge in [0.1, 0.15) is 18.1 Å². The highest BCUT2D eigenvalue weighted by atomic mass is 16.5. The lowest BCUT2D eigenvalue weighted by molar-refractivity contribution is 0.116. The number of aliphatic hydroxyl groups is 1. The molecule has 124 valence electrons. The zero-order chi connectivity index (χ0) is 15.8. The van der Waals surface area contributed by atoms with Gasteiger partial charge in [-0.1, -0.05) is 0 Å². The van der Waals surface area contributed by atoms with Gasteiger partial charge in [-0.05, 0) is 69.8 Å². The summed E-state index contributed by atoms with van der Waals surface area (Å²) in [5.41, 5.74) is 0. The fourth-order valence-corrected chi connectivity index (χ4v) is 3.06. The fraction of sp³-hybridized carbons (Fsp3) is 0.667. The smallest absolute Gasteiger partial charge is 0.119 e. The van der Waals surface area contributed by atoms with Gasteiger partial charge < -0.3 is 19.5 Å². The molecule has 0 aromatic heterocycles. The third-order valence-corrected chi connectivity index (χ3v) is 4.55. The van der Waals surface area contributed by atoms with E-state index in [-0.39, 0.29) is 0 Å². The molecule has 0 radical (unpaired) electrons. The number of likely N-dealkylation sites (N-methyl/N-ethyl adjacent to an activating group) is 1. The van der Waals surface area contributed by atoms with E-state index in [1.165, 1.54) is 12.8 Å². The Morgan fingerprint density at radius 1 is 1.05 bits per heavy atom. The van der Waals surface area contributed by atoms with Crippen molar-refractivity contribution in [3.05, 3.63) is 24.3 Å². The van der Waals surface area contributed by atoms with Crippen LogP contribution in [0.3, 0.4) is 0 Å². The molecule has 0 unspecified atom stereocenters. The molecule has 0 heterocycles. The van der Waals surface area contributed by atoms with Gasteiger partial charge in [0.15, 0.2) is 0 Å². The van der Waals surface area contributed by atoms with Gasteiger partial charge >= 0.3 is 0 Å². The molecule has 0 spiro atoms. The van der Waals surface area contributed by atoms with E-state index in [0.717, 1.165) is 30.9 Å². The van der Waals surface area contributed by atoms with Crippen molar-refractivity contribution >= 4 is 0 Å². The molecular weight excluding hydrogens is 278 g/mol. The number of ether oxygens (including phenoxy) is 2. The normalized spacial score (nSPS) is 21.8. The summed E-state index contributed by atoms with van der Waals surface area (Å²) >= 11 is 0. The second-order valence-electron chi connectivity index (χ2n) is 6.09. The second kappa shape index (κ2) is 9.01. The van der Waals surface area contributed by atoms with E-state index in [4.69, 9.17) is 9.47 Å². The molecule has 1 saturated carbocycles. The van der Waals surface area contributed by atoms with E-state index in [9.17, 15) is 5.11 Å². The first kappa shape index (κ1) is 17.1. The van der Waals surface area contributed by atoms with E-state index in [1.807, 2.05) is 31.2 Å². The van der Waals surface area contributed by atoms with Crippen LogP contribution in [0.25, 0.3) is 0 Å². The standard InChI is InChI=1S/C18H29NO3/c1-3-21-17-8-10-18(11-9-17)22-13-12-19(2)16-6-4-15(14-20)5-7-16/h8-11,15-16,20H,3-7,12-14H2,1-2H3. The molecular formula is C18H29NO3. The number of benzene rings is 1. The Kier molecular flexibility index (Phi) is 7.00. The minimum Gasteiger partial charge on any atom is -0.494 e. The predicted octanol–water partition coefficient (Wildman–Crippen LogP) is 2.95. The van der Waals surface area contributed by atoms with E-state index >= 15 is 0 Å². The molecule has 1 aliphatic rings. The molecule has 0 saturated heterocycles. The van der Waals surface area contributed by atoms with Crippen molar-refractivity contribution in [1.82, 2.24) is 4.90 Å². The summed E-state index contributed by atoms with van der Waals surface area (Å²) in [6.07, 6.45) is 4.66. The van der Waals surface area contributed by atoms with E-state index in [0.29, 0.717) is 31.8 Å². The van der Waals surface area contributed by atoms with Crippen molar-refractivity contribution in [3.8, 4) is 11.5 Å². The first-order chi connectivity index (χ1) is 10.7. The Hall–Kier alpha value is -1.26. The highest BCUT2D eigenvalue weighted by Crippen LogP contribution is 2.26. The number of hydrogen-bond acceptors (Lipinski definition) is 4. The Bertz CT molecular complexity index is 413. The first-order valence-corrected chi connectivity index (χ1v) is 8.39. The Balaban J connectivity index is 1.67. The van der Waals surface area contributed by atoms with Crippen molar-refractivity contribution in [3.63, 3.8) is 0 Å². The molecule has 1 aliphatic carbocycles. The average molecular weight is 307 g/mol. The largest absolute Gasteiger partial charge is 0.494 e. The van der Waals surface area contributed by atoms with E-state index in [1.54, 1.807) is 0 Å². The minimum absolute atomic E-state index is 0.345. The van der Waals surface area contributed by atoms with E-state index < -0.39 is 0 Å². The molecule has 4 heteroatoms. The molecule has 0 bridgehead atoms. The molecule has 1 N–H and O–H groups in total. The topological polar surface area (TPSA) is 41.9 Å². The summed E-state index contributed by atoms with van der Waals surface area (Å²) in [6, 6.07) is 8.43. The molecule has 22 heavy (non-hydrogen) atoms. The maximum absolute atomic E-state index is 9.19. The molecule has 0 atom stereocenters. The number of hydrogen-bond donors (Lipinski definition) is 1. The minimum atomic E-state index is 0.345. The number of rotatable bonds is 8. The molecule has 1 aromatic carbocycles. The molecule has 1 aromatic rings. The van der Waals surface area contributed by atoms with Crippen molar-refractivity contribution in [2.75, 3.05) is 33.4 Å². The fourth-order valence-electron chi connectivity index (χ4n) is 3.06. The Labute approximate surface area is 134 Å². The number of aliphatic hydroxyl groups excluding tert-OH is 1. The number of nitrogens with zero attached hydrogens (tertiary/aromatic N) is 1. The third-order valence-electron chi connectivity index (χ3n) is 4.55. The van der Waals surface area contributed by atoms with Gasteiger partial charge in [0.05, 0.1) is 6.61 Å². The van der Waals surface area contributed by atoms with Gasteiger partial charge in [-0.25, -0.2) is 0 Å². The quantitative estimate of drug-likeness (QED) is 0.802. The molecule has 4 nitrogen and oxygen atoms in total. The Morgan fingerprint density at radius 3 is 2.18 bits per heavy atom. The van der Waals surface area contributed by atoms with E-state index in [2.05, 4.69) is 11.9 Å². The molecule has 0 aliphatic heterocycles. The lowest BCUT2D eigenvalue weighted by atomic mass is 9.86. The lowest BCUT2D eigenvalue weighted by Gasteiger charge is -2.34. The van der Waals surface area contributed by atoms with Crippen molar-refractivity contribution in [2.24, 2.45) is 5.92 Å². The maximum atomic E-state index is 9.19. The second-order valence-corrected chi connectivity index (χ2v) is 6.09. The van der Waals surface area contributed by atoms with Crippen LogP contribution in [-0.2, 0) is 0 Å². The summed E-state index contributed by atoms with van der Waals surface area (Å²) in [6.45, 7) is 4.64. The summed E-state index contributed by atoms with van der Waals surface area (Å²) in [5.74, 6) is 2.29. The van der Waals surface area contributed by atoms with Crippen molar-refractivity contribution in [1.29, 1.82) is 0 Å². The van der Waals surface area contributed by atoms with Crippen LogP contribution < -0.4 is 9.47 Å². The zero-order valence-electron chi connectivity index (χ0n) is 13.8. The van der Waals surface area contributed by atoms with Gasteiger partial charge in [0, 0.05) is 19.2 Å². The monoisotopic (exact) mass is 307 g/mol. The van der Waals surface area contributed by atoms with Crippen LogP contribution in [0.5, 0.6) is 11.5 Å². The summed E-state index contributed by atoms with van der Waals surface area (Å²) in [4.78, 5) is 2.39. The van der Waals surface area contributed by atoms with Crippen LogP contribution in [-0.4, -0.2) is 49.5 Å².